The Balaban J connectivity index is 2.34. The van der Waals surface area contributed by atoms with Gasteiger partial charge in [0.15, 0.2) is 5.92 Å². The molecule has 2 saturated heterocycles. The first kappa shape index (κ1) is 14.9. The molecule has 0 aromatic heterocycles. The maximum Gasteiger partial charge on any atom is 0.330 e. The second kappa shape index (κ2) is 5.84. The molecule has 0 aromatic carbocycles. The number of cyclic esters (lactones) is 1. The average Bonchev–Trinajstić information content (AvgIpc) is 2.42. The highest BCUT2D eigenvalue weighted by Crippen LogP contribution is 2.48. The number of likely N-dealkylation sites (tertiary alicyclic amines) is 1. The van der Waals surface area contributed by atoms with Gasteiger partial charge in [-0.15, -0.1) is 0 Å². The van der Waals surface area contributed by atoms with Crippen LogP contribution in [0.5, 0.6) is 0 Å². The quantitative estimate of drug-likeness (QED) is 0.362. The monoisotopic (exact) mass is 291 g/mol. The van der Waals surface area contributed by atoms with Crippen LogP contribution in [-0.4, -0.2) is 41.4 Å². The Morgan fingerprint density at radius 2 is 2.20 bits per heavy atom. The highest BCUT2D eigenvalue weighted by molar-refractivity contribution is 7.80. The zero-order valence-corrected chi connectivity index (χ0v) is 12.3. The molecule has 0 amide bonds. The largest absolute Gasteiger partial charge is 0.413 e. The van der Waals surface area contributed by atoms with Crippen molar-refractivity contribution in [3.63, 3.8) is 0 Å². The van der Waals surface area contributed by atoms with Gasteiger partial charge in [-0.2, -0.15) is 5.26 Å². The summed E-state index contributed by atoms with van der Waals surface area (Å²) in [5.74, 6) is 0.858. The maximum atomic E-state index is 11.9. The van der Waals surface area contributed by atoms with E-state index < -0.39 is 17.3 Å². The number of nitriles is 1. The van der Waals surface area contributed by atoms with Gasteiger partial charge in [-0.1, -0.05) is 6.92 Å². The Morgan fingerprint density at radius 1 is 1.55 bits per heavy atom. The number of thiocarbonyl (C=S) groups is 1. The third-order valence-electron chi connectivity index (χ3n) is 4.23. The molecule has 1 N–H and O–H groups in total. The molecule has 6 heteroatoms. The van der Waals surface area contributed by atoms with Crippen LogP contribution < -0.4 is 0 Å². The van der Waals surface area contributed by atoms with E-state index in [-0.39, 0.29) is 5.05 Å². The Hall–Kier alpha value is -1.54. The summed E-state index contributed by atoms with van der Waals surface area (Å²) in [5.41, 5.74) is -0.275. The van der Waals surface area contributed by atoms with E-state index in [1.54, 1.807) is 0 Å². The van der Waals surface area contributed by atoms with E-state index >= 15 is 0 Å². The standard InChI is InChI=1S/C14H17N3O2S/c1-2-5-17-6-3-14(4-7-17)10(8-15)12(18)19-13(20)11(14)9-16/h10,16H,2-7H2,1H3. The van der Waals surface area contributed by atoms with Crippen molar-refractivity contribution in [2.24, 2.45) is 11.3 Å². The summed E-state index contributed by atoms with van der Waals surface area (Å²) in [6.07, 6.45) is 2.35. The number of esters is 1. The van der Waals surface area contributed by atoms with Crippen LogP contribution in [0, 0.1) is 28.1 Å². The minimum absolute atomic E-state index is 0.0143. The highest BCUT2D eigenvalue weighted by atomic mass is 32.1. The fourth-order valence-corrected chi connectivity index (χ4v) is 3.49. The first-order chi connectivity index (χ1) is 9.58. The lowest BCUT2D eigenvalue weighted by Crippen LogP contribution is -2.52. The molecule has 2 heterocycles. The van der Waals surface area contributed by atoms with Crippen LogP contribution in [0.4, 0.5) is 0 Å². The smallest absolute Gasteiger partial charge is 0.330 e. The van der Waals surface area contributed by atoms with Crippen LogP contribution in [-0.2, 0) is 9.53 Å². The molecule has 106 valence electrons. The molecule has 0 bridgehead atoms. The van der Waals surface area contributed by atoms with Crippen molar-refractivity contribution in [3.8, 4) is 6.07 Å². The van der Waals surface area contributed by atoms with Gasteiger partial charge in [0, 0.05) is 5.41 Å². The molecule has 1 spiro atoms. The summed E-state index contributed by atoms with van der Waals surface area (Å²) in [5, 5.41) is 16.8. The topological polar surface area (TPSA) is 77.2 Å². The molecule has 2 aliphatic rings. The zero-order valence-electron chi connectivity index (χ0n) is 11.4. The van der Waals surface area contributed by atoms with Gasteiger partial charge in [0.05, 0.1) is 11.6 Å². The van der Waals surface area contributed by atoms with E-state index in [0.29, 0.717) is 18.4 Å². The van der Waals surface area contributed by atoms with Crippen LogP contribution in [0.3, 0.4) is 0 Å². The van der Waals surface area contributed by atoms with E-state index in [1.807, 2.05) is 6.07 Å². The SMILES string of the molecule is CCCN1CCC2(CC1)C(=C=N)C(=S)OC(=O)C2C#N. The molecule has 0 radical (unpaired) electrons. The van der Waals surface area contributed by atoms with E-state index in [0.717, 1.165) is 26.1 Å². The highest BCUT2D eigenvalue weighted by Gasteiger charge is 2.54. The summed E-state index contributed by atoms with van der Waals surface area (Å²) >= 11 is 5.05. The molecule has 0 aromatic rings. The molecule has 5 nitrogen and oxygen atoms in total. The van der Waals surface area contributed by atoms with Crippen molar-refractivity contribution < 1.29 is 9.53 Å². The van der Waals surface area contributed by atoms with Crippen molar-refractivity contribution in [1.82, 2.24) is 4.90 Å². The fourth-order valence-electron chi connectivity index (χ4n) is 3.16. The van der Waals surface area contributed by atoms with Crippen molar-refractivity contribution in [2.45, 2.75) is 26.2 Å². The lowest BCUT2D eigenvalue weighted by atomic mass is 9.63. The third kappa shape index (κ3) is 2.29. The fraction of sp³-hybridized carbons (Fsp3) is 0.643. The zero-order chi connectivity index (χ0) is 14.8. The summed E-state index contributed by atoms with van der Waals surface area (Å²) in [6.45, 7) is 4.73. The third-order valence-corrected chi connectivity index (χ3v) is 4.51. The van der Waals surface area contributed by atoms with Crippen LogP contribution in [0.15, 0.2) is 5.57 Å². The second-order valence-electron chi connectivity index (χ2n) is 5.27. The minimum Gasteiger partial charge on any atom is -0.413 e. The van der Waals surface area contributed by atoms with Gasteiger partial charge in [-0.05, 0) is 57.0 Å². The van der Waals surface area contributed by atoms with E-state index in [4.69, 9.17) is 22.4 Å². The first-order valence-electron chi connectivity index (χ1n) is 6.77. The Morgan fingerprint density at radius 3 is 2.70 bits per heavy atom. The first-order valence-corrected chi connectivity index (χ1v) is 7.18. The van der Waals surface area contributed by atoms with Crippen molar-refractivity contribution in [2.75, 3.05) is 19.6 Å². The van der Waals surface area contributed by atoms with Gasteiger partial charge >= 0.3 is 5.97 Å². The number of carbonyl (C=O) groups is 1. The van der Waals surface area contributed by atoms with Crippen molar-refractivity contribution in [3.05, 3.63) is 5.57 Å². The minimum atomic E-state index is -0.883. The molecule has 0 aliphatic carbocycles. The summed E-state index contributed by atoms with van der Waals surface area (Å²) in [4.78, 5) is 14.2. The second-order valence-corrected chi connectivity index (χ2v) is 5.64. The Labute approximate surface area is 123 Å². The number of nitrogens with zero attached hydrogens (tertiary/aromatic N) is 2. The summed E-state index contributed by atoms with van der Waals surface area (Å²) in [6, 6.07) is 2.05. The number of carbonyl (C=O) groups excluding carboxylic acids is 1. The number of hydrogen-bond donors (Lipinski definition) is 1. The van der Waals surface area contributed by atoms with Crippen LogP contribution in [0.25, 0.3) is 0 Å². The molecular weight excluding hydrogens is 274 g/mol. The predicted molar refractivity (Wildman–Crippen MR) is 77.4 cm³/mol. The van der Waals surface area contributed by atoms with Gasteiger partial charge in [-0.3, -0.25) is 10.2 Å². The van der Waals surface area contributed by atoms with E-state index in [9.17, 15) is 10.1 Å². The van der Waals surface area contributed by atoms with Crippen molar-refractivity contribution >= 4 is 29.1 Å². The van der Waals surface area contributed by atoms with Crippen LogP contribution in [0.1, 0.15) is 26.2 Å². The Bertz CT molecular complexity index is 523. The molecule has 2 fully saturated rings. The molecule has 20 heavy (non-hydrogen) atoms. The van der Waals surface area contributed by atoms with E-state index in [1.165, 1.54) is 0 Å². The van der Waals surface area contributed by atoms with Gasteiger partial charge in [0.1, 0.15) is 0 Å². The van der Waals surface area contributed by atoms with Gasteiger partial charge in [0.2, 0.25) is 5.05 Å². The molecule has 1 unspecified atom stereocenters. The maximum absolute atomic E-state index is 11.9. The normalized spacial score (nSPS) is 26.0. The van der Waals surface area contributed by atoms with Gasteiger partial charge in [-0.25, -0.2) is 0 Å². The molecular formula is C14H17N3O2S. The lowest BCUT2D eigenvalue weighted by Gasteiger charge is -2.45. The number of piperidine rings is 1. The van der Waals surface area contributed by atoms with Crippen molar-refractivity contribution in [1.29, 1.82) is 10.7 Å². The van der Waals surface area contributed by atoms with Gasteiger partial charge < -0.3 is 9.64 Å². The predicted octanol–water partition coefficient (Wildman–Crippen LogP) is 1.68. The number of hydrogen-bond acceptors (Lipinski definition) is 6. The number of rotatable bonds is 2. The van der Waals surface area contributed by atoms with Crippen LogP contribution >= 0.6 is 12.2 Å². The van der Waals surface area contributed by atoms with E-state index in [2.05, 4.69) is 17.7 Å². The summed E-state index contributed by atoms with van der Waals surface area (Å²) < 4.78 is 4.93. The molecule has 1 atom stereocenters. The van der Waals surface area contributed by atoms with Gasteiger partial charge in [0.25, 0.3) is 0 Å². The lowest BCUT2D eigenvalue weighted by molar-refractivity contribution is -0.144. The Kier molecular flexibility index (Phi) is 4.34. The molecule has 2 aliphatic heterocycles. The molecule has 0 saturated carbocycles. The number of nitrogens with one attached hydrogen (secondary N) is 1. The average molecular weight is 291 g/mol. The molecule has 2 rings (SSSR count). The summed E-state index contributed by atoms with van der Waals surface area (Å²) in [7, 11) is 0. The number of ether oxygens (including phenoxy) is 1. The van der Waals surface area contributed by atoms with Crippen LogP contribution in [0.2, 0.25) is 0 Å².